The molecule has 1 saturated heterocycles. The summed E-state index contributed by atoms with van der Waals surface area (Å²) in [6, 6.07) is 9.27. The summed E-state index contributed by atoms with van der Waals surface area (Å²) in [6.07, 6.45) is 3.40. The standard InChI is InChI=1S/C17H27NO2/c1-3-9-18-16(17-13-19-10-11-20-17)12-15-7-5-14(4-2)6-8-15/h5-8,16-18H,3-4,9-13H2,1-2H3. The first-order valence-electron chi connectivity index (χ1n) is 7.84. The summed E-state index contributed by atoms with van der Waals surface area (Å²) < 4.78 is 11.4. The lowest BCUT2D eigenvalue weighted by molar-refractivity contribution is -0.101. The van der Waals surface area contributed by atoms with Gasteiger partial charge in [-0.15, -0.1) is 0 Å². The number of benzene rings is 1. The van der Waals surface area contributed by atoms with Gasteiger partial charge in [0.25, 0.3) is 0 Å². The van der Waals surface area contributed by atoms with Crippen LogP contribution in [0, 0.1) is 0 Å². The molecule has 3 heteroatoms. The summed E-state index contributed by atoms with van der Waals surface area (Å²) in [5.41, 5.74) is 2.76. The molecule has 0 bridgehead atoms. The molecule has 1 fully saturated rings. The Labute approximate surface area is 122 Å². The minimum absolute atomic E-state index is 0.168. The molecule has 0 radical (unpaired) electrons. The van der Waals surface area contributed by atoms with Gasteiger partial charge in [0.1, 0.15) is 0 Å². The van der Waals surface area contributed by atoms with Crippen LogP contribution in [0.1, 0.15) is 31.4 Å². The van der Waals surface area contributed by atoms with Crippen molar-refractivity contribution in [3.63, 3.8) is 0 Å². The zero-order valence-corrected chi connectivity index (χ0v) is 12.7. The molecule has 0 spiro atoms. The molecule has 1 aromatic rings. The van der Waals surface area contributed by atoms with Gasteiger partial charge >= 0.3 is 0 Å². The number of nitrogens with one attached hydrogen (secondary N) is 1. The lowest BCUT2D eigenvalue weighted by Crippen LogP contribution is -2.48. The maximum atomic E-state index is 5.87. The smallest absolute Gasteiger partial charge is 0.0965 e. The van der Waals surface area contributed by atoms with E-state index in [0.29, 0.717) is 19.3 Å². The molecule has 20 heavy (non-hydrogen) atoms. The van der Waals surface area contributed by atoms with Crippen LogP contribution >= 0.6 is 0 Å². The number of hydrogen-bond acceptors (Lipinski definition) is 3. The van der Waals surface area contributed by atoms with Crippen LogP contribution in [0.3, 0.4) is 0 Å². The molecular weight excluding hydrogens is 250 g/mol. The predicted molar refractivity (Wildman–Crippen MR) is 82.2 cm³/mol. The van der Waals surface area contributed by atoms with E-state index in [0.717, 1.165) is 32.4 Å². The predicted octanol–water partition coefficient (Wildman–Crippen LogP) is 2.58. The first kappa shape index (κ1) is 15.5. The highest BCUT2D eigenvalue weighted by atomic mass is 16.6. The summed E-state index contributed by atoms with van der Waals surface area (Å²) in [4.78, 5) is 0. The minimum Gasteiger partial charge on any atom is -0.376 e. The first-order valence-corrected chi connectivity index (χ1v) is 7.84. The number of hydrogen-bond donors (Lipinski definition) is 1. The summed E-state index contributed by atoms with van der Waals surface area (Å²) in [5.74, 6) is 0. The highest BCUT2D eigenvalue weighted by molar-refractivity contribution is 5.23. The van der Waals surface area contributed by atoms with Gasteiger partial charge in [0, 0.05) is 6.04 Å². The summed E-state index contributed by atoms with van der Waals surface area (Å²) in [5, 5.41) is 3.61. The Morgan fingerprint density at radius 1 is 1.15 bits per heavy atom. The van der Waals surface area contributed by atoms with Crippen molar-refractivity contribution in [1.82, 2.24) is 5.32 Å². The Balaban J connectivity index is 1.97. The second-order valence-corrected chi connectivity index (χ2v) is 5.42. The van der Waals surface area contributed by atoms with Crippen LogP contribution < -0.4 is 5.32 Å². The van der Waals surface area contributed by atoms with E-state index in [1.807, 2.05) is 0 Å². The third-order valence-corrected chi connectivity index (χ3v) is 3.83. The Kier molecular flexibility index (Phi) is 6.51. The first-order chi connectivity index (χ1) is 9.83. The van der Waals surface area contributed by atoms with Gasteiger partial charge < -0.3 is 14.8 Å². The summed E-state index contributed by atoms with van der Waals surface area (Å²) in [6.45, 7) is 7.55. The SMILES string of the molecule is CCCNC(Cc1ccc(CC)cc1)C1COCCO1. The lowest BCUT2D eigenvalue weighted by atomic mass is 9.99. The van der Waals surface area contributed by atoms with E-state index in [9.17, 15) is 0 Å². The van der Waals surface area contributed by atoms with Crippen LogP contribution in [-0.2, 0) is 22.3 Å². The second-order valence-electron chi connectivity index (χ2n) is 5.42. The second kappa shape index (κ2) is 8.40. The van der Waals surface area contributed by atoms with Crippen LogP contribution in [0.5, 0.6) is 0 Å². The van der Waals surface area contributed by atoms with Crippen molar-refractivity contribution in [2.45, 2.75) is 45.3 Å². The zero-order chi connectivity index (χ0) is 14.2. The quantitative estimate of drug-likeness (QED) is 0.831. The molecule has 0 aliphatic carbocycles. The van der Waals surface area contributed by atoms with E-state index in [1.165, 1.54) is 11.1 Å². The van der Waals surface area contributed by atoms with Crippen LogP contribution in [0.4, 0.5) is 0 Å². The van der Waals surface area contributed by atoms with Crippen molar-refractivity contribution in [3.05, 3.63) is 35.4 Å². The molecule has 2 rings (SSSR count). The van der Waals surface area contributed by atoms with Gasteiger partial charge in [-0.2, -0.15) is 0 Å². The van der Waals surface area contributed by atoms with Crippen LogP contribution in [-0.4, -0.2) is 38.5 Å². The topological polar surface area (TPSA) is 30.5 Å². The number of ether oxygens (including phenoxy) is 2. The van der Waals surface area contributed by atoms with Crippen molar-refractivity contribution in [2.75, 3.05) is 26.4 Å². The summed E-state index contributed by atoms with van der Waals surface area (Å²) >= 11 is 0. The van der Waals surface area contributed by atoms with Gasteiger partial charge in [-0.1, -0.05) is 38.1 Å². The fourth-order valence-electron chi connectivity index (χ4n) is 2.57. The van der Waals surface area contributed by atoms with Crippen molar-refractivity contribution >= 4 is 0 Å². The molecule has 2 atom stereocenters. The lowest BCUT2D eigenvalue weighted by Gasteiger charge is -2.31. The average molecular weight is 277 g/mol. The number of rotatable bonds is 7. The molecule has 1 heterocycles. The molecule has 112 valence electrons. The molecule has 0 aromatic heterocycles. The monoisotopic (exact) mass is 277 g/mol. The van der Waals surface area contributed by atoms with Gasteiger partial charge in [0.05, 0.1) is 25.9 Å². The van der Waals surface area contributed by atoms with Crippen LogP contribution in [0.25, 0.3) is 0 Å². The third kappa shape index (κ3) is 4.58. The minimum atomic E-state index is 0.168. The molecule has 2 unspecified atom stereocenters. The maximum absolute atomic E-state index is 5.87. The van der Waals surface area contributed by atoms with E-state index < -0.39 is 0 Å². The molecular formula is C17H27NO2. The zero-order valence-electron chi connectivity index (χ0n) is 12.7. The molecule has 1 aromatic carbocycles. The van der Waals surface area contributed by atoms with E-state index in [-0.39, 0.29) is 6.10 Å². The largest absolute Gasteiger partial charge is 0.376 e. The maximum Gasteiger partial charge on any atom is 0.0965 e. The van der Waals surface area contributed by atoms with Gasteiger partial charge in [-0.3, -0.25) is 0 Å². The number of aryl methyl sites for hydroxylation is 1. The molecule has 3 nitrogen and oxygen atoms in total. The molecule has 0 amide bonds. The average Bonchev–Trinajstić information content (AvgIpc) is 2.53. The molecule has 0 saturated carbocycles. The van der Waals surface area contributed by atoms with E-state index in [1.54, 1.807) is 0 Å². The van der Waals surface area contributed by atoms with Gasteiger partial charge in [-0.05, 0) is 36.9 Å². The van der Waals surface area contributed by atoms with Crippen LogP contribution in [0.15, 0.2) is 24.3 Å². The van der Waals surface area contributed by atoms with Crippen LogP contribution in [0.2, 0.25) is 0 Å². The van der Waals surface area contributed by atoms with E-state index in [2.05, 4.69) is 43.4 Å². The highest BCUT2D eigenvalue weighted by Crippen LogP contribution is 2.13. The molecule has 1 N–H and O–H groups in total. The van der Waals surface area contributed by atoms with E-state index >= 15 is 0 Å². The Morgan fingerprint density at radius 3 is 2.50 bits per heavy atom. The highest BCUT2D eigenvalue weighted by Gasteiger charge is 2.24. The van der Waals surface area contributed by atoms with Gasteiger partial charge in [0.15, 0.2) is 0 Å². The fourth-order valence-corrected chi connectivity index (χ4v) is 2.57. The Bertz CT molecular complexity index is 371. The van der Waals surface area contributed by atoms with Crippen molar-refractivity contribution < 1.29 is 9.47 Å². The van der Waals surface area contributed by atoms with Crippen molar-refractivity contribution in [3.8, 4) is 0 Å². The van der Waals surface area contributed by atoms with Gasteiger partial charge in [-0.25, -0.2) is 0 Å². The van der Waals surface area contributed by atoms with Crippen molar-refractivity contribution in [2.24, 2.45) is 0 Å². The normalized spacial score (nSPS) is 20.8. The third-order valence-electron chi connectivity index (χ3n) is 3.83. The fraction of sp³-hybridized carbons (Fsp3) is 0.647. The van der Waals surface area contributed by atoms with E-state index in [4.69, 9.17) is 9.47 Å². The van der Waals surface area contributed by atoms with Gasteiger partial charge in [0.2, 0.25) is 0 Å². The Hall–Kier alpha value is -0.900. The molecule has 1 aliphatic heterocycles. The molecule has 1 aliphatic rings. The van der Waals surface area contributed by atoms with Crippen molar-refractivity contribution in [1.29, 1.82) is 0 Å². The Morgan fingerprint density at radius 2 is 1.90 bits per heavy atom. The summed E-state index contributed by atoms with van der Waals surface area (Å²) in [7, 11) is 0.